The van der Waals surface area contributed by atoms with E-state index in [-0.39, 0.29) is 5.54 Å². The normalized spacial score (nSPS) is 19.2. The molecule has 2 rings (SSSR count). The summed E-state index contributed by atoms with van der Waals surface area (Å²) in [5, 5.41) is 0. The maximum atomic E-state index is 6.32. The van der Waals surface area contributed by atoms with Crippen molar-refractivity contribution in [3.05, 3.63) is 34.3 Å². The first-order valence-corrected chi connectivity index (χ1v) is 7.08. The second-order valence-corrected chi connectivity index (χ2v) is 5.96. The molecule has 1 saturated carbocycles. The van der Waals surface area contributed by atoms with Crippen molar-refractivity contribution < 1.29 is 4.74 Å². The lowest BCUT2D eigenvalue weighted by molar-refractivity contribution is 0.0574. The number of hydrogen-bond donors (Lipinski definition) is 1. The second-order valence-electron chi connectivity index (χ2n) is 5.05. The van der Waals surface area contributed by atoms with Crippen LogP contribution in [0, 0.1) is 0 Å². The Bertz CT molecular complexity index is 361. The van der Waals surface area contributed by atoms with Crippen LogP contribution >= 0.6 is 15.9 Å². The molecule has 0 radical (unpaired) electrons. The molecule has 0 heterocycles. The van der Waals surface area contributed by atoms with Crippen molar-refractivity contribution >= 4 is 15.9 Å². The van der Waals surface area contributed by atoms with Gasteiger partial charge in [-0.05, 0) is 30.5 Å². The summed E-state index contributed by atoms with van der Waals surface area (Å²) < 4.78 is 6.87. The summed E-state index contributed by atoms with van der Waals surface area (Å²) in [4.78, 5) is 0. The van der Waals surface area contributed by atoms with Gasteiger partial charge in [0.1, 0.15) is 0 Å². The number of hydrogen-bond acceptors (Lipinski definition) is 2. The predicted octanol–water partition coefficient (Wildman–Crippen LogP) is 3.63. The molecule has 94 valence electrons. The van der Waals surface area contributed by atoms with E-state index in [1.807, 2.05) is 12.1 Å². The Morgan fingerprint density at radius 1 is 1.24 bits per heavy atom. The third kappa shape index (κ3) is 4.09. The third-order valence-corrected chi connectivity index (χ3v) is 3.89. The fraction of sp³-hybridized carbons (Fsp3) is 0.571. The maximum Gasteiger partial charge on any atom is 0.0718 e. The molecule has 2 N–H and O–H groups in total. The third-order valence-electron chi connectivity index (χ3n) is 3.40. The quantitative estimate of drug-likeness (QED) is 0.921. The summed E-state index contributed by atoms with van der Waals surface area (Å²) in [5.74, 6) is 0. The molecule has 0 saturated heterocycles. The first-order valence-electron chi connectivity index (χ1n) is 6.29. The van der Waals surface area contributed by atoms with Gasteiger partial charge in [0.15, 0.2) is 0 Å². The summed E-state index contributed by atoms with van der Waals surface area (Å²) in [5.41, 5.74) is 7.43. The van der Waals surface area contributed by atoms with Gasteiger partial charge in [-0.1, -0.05) is 47.3 Å². The first kappa shape index (κ1) is 13.1. The lowest BCUT2D eigenvalue weighted by atomic mass is 9.83. The maximum absolute atomic E-state index is 6.32. The lowest BCUT2D eigenvalue weighted by Gasteiger charge is -2.33. The zero-order chi connectivity index (χ0) is 12.1. The van der Waals surface area contributed by atoms with E-state index in [1.54, 1.807) is 0 Å². The molecule has 0 aromatic heterocycles. The van der Waals surface area contributed by atoms with E-state index < -0.39 is 0 Å². The van der Waals surface area contributed by atoms with Crippen molar-refractivity contribution in [2.45, 2.75) is 44.2 Å². The molecule has 1 aromatic carbocycles. The van der Waals surface area contributed by atoms with Crippen molar-refractivity contribution in [2.24, 2.45) is 5.73 Å². The second kappa shape index (κ2) is 5.98. The van der Waals surface area contributed by atoms with Gasteiger partial charge in [0.25, 0.3) is 0 Å². The van der Waals surface area contributed by atoms with Crippen LogP contribution in [0.25, 0.3) is 0 Å². The monoisotopic (exact) mass is 297 g/mol. The van der Waals surface area contributed by atoms with Crippen LogP contribution in [-0.4, -0.2) is 12.1 Å². The van der Waals surface area contributed by atoms with E-state index in [2.05, 4.69) is 28.1 Å². The van der Waals surface area contributed by atoms with Gasteiger partial charge in [-0.3, -0.25) is 0 Å². The van der Waals surface area contributed by atoms with Crippen LogP contribution in [0.3, 0.4) is 0 Å². The molecule has 1 aromatic rings. The molecule has 0 atom stereocenters. The van der Waals surface area contributed by atoms with Crippen LogP contribution in [-0.2, 0) is 11.3 Å². The summed E-state index contributed by atoms with van der Waals surface area (Å²) in [6.07, 6.45) is 6.02. The summed E-state index contributed by atoms with van der Waals surface area (Å²) in [6, 6.07) is 8.22. The van der Waals surface area contributed by atoms with Crippen molar-refractivity contribution in [1.82, 2.24) is 0 Å². The molecule has 2 nitrogen and oxygen atoms in total. The van der Waals surface area contributed by atoms with E-state index in [9.17, 15) is 0 Å². The van der Waals surface area contributed by atoms with E-state index in [0.717, 1.165) is 17.3 Å². The minimum Gasteiger partial charge on any atom is -0.375 e. The molecule has 0 amide bonds. The Morgan fingerprint density at radius 3 is 2.71 bits per heavy atom. The van der Waals surface area contributed by atoms with Gasteiger partial charge in [0.05, 0.1) is 13.2 Å². The smallest absolute Gasteiger partial charge is 0.0718 e. The van der Waals surface area contributed by atoms with Crippen LogP contribution in [0.4, 0.5) is 0 Å². The number of nitrogens with two attached hydrogens (primary N) is 1. The van der Waals surface area contributed by atoms with Crippen molar-refractivity contribution in [1.29, 1.82) is 0 Å². The van der Waals surface area contributed by atoms with E-state index >= 15 is 0 Å². The minimum atomic E-state index is -0.0791. The molecule has 0 bridgehead atoms. The molecule has 17 heavy (non-hydrogen) atoms. The molecule has 0 aliphatic heterocycles. The lowest BCUT2D eigenvalue weighted by Crippen LogP contribution is -2.46. The SMILES string of the molecule is NC1(COCc2cccc(Br)c2)CCCCC1. The Labute approximate surface area is 112 Å². The molecular formula is C14H20BrNO. The fourth-order valence-corrected chi connectivity index (χ4v) is 2.85. The van der Waals surface area contributed by atoms with Gasteiger partial charge in [-0.2, -0.15) is 0 Å². The predicted molar refractivity (Wildman–Crippen MR) is 73.8 cm³/mol. The standard InChI is InChI=1S/C14H20BrNO/c15-13-6-4-5-12(9-13)10-17-11-14(16)7-2-1-3-8-14/h4-6,9H,1-3,7-8,10-11,16H2. The first-order chi connectivity index (χ1) is 8.18. The Morgan fingerprint density at radius 2 is 2.00 bits per heavy atom. The zero-order valence-corrected chi connectivity index (χ0v) is 11.7. The molecule has 3 heteroatoms. The highest BCUT2D eigenvalue weighted by Gasteiger charge is 2.27. The van der Waals surface area contributed by atoms with Crippen LogP contribution in [0.2, 0.25) is 0 Å². The van der Waals surface area contributed by atoms with E-state index in [0.29, 0.717) is 13.2 Å². The summed E-state index contributed by atoms with van der Waals surface area (Å²) in [6.45, 7) is 1.33. The highest BCUT2D eigenvalue weighted by Crippen LogP contribution is 2.26. The van der Waals surface area contributed by atoms with Gasteiger partial charge in [0, 0.05) is 10.0 Å². The fourth-order valence-electron chi connectivity index (χ4n) is 2.40. The van der Waals surface area contributed by atoms with E-state index in [1.165, 1.54) is 24.8 Å². The number of benzene rings is 1. The number of ether oxygens (including phenoxy) is 1. The largest absolute Gasteiger partial charge is 0.375 e. The van der Waals surface area contributed by atoms with Gasteiger partial charge >= 0.3 is 0 Å². The highest BCUT2D eigenvalue weighted by molar-refractivity contribution is 9.10. The topological polar surface area (TPSA) is 35.2 Å². The van der Waals surface area contributed by atoms with Crippen molar-refractivity contribution in [3.63, 3.8) is 0 Å². The van der Waals surface area contributed by atoms with Crippen LogP contribution < -0.4 is 5.73 Å². The van der Waals surface area contributed by atoms with Gasteiger partial charge in [-0.25, -0.2) is 0 Å². The summed E-state index contributed by atoms with van der Waals surface area (Å²) in [7, 11) is 0. The summed E-state index contributed by atoms with van der Waals surface area (Å²) >= 11 is 3.46. The van der Waals surface area contributed by atoms with Crippen LogP contribution in [0.15, 0.2) is 28.7 Å². The van der Waals surface area contributed by atoms with Crippen molar-refractivity contribution in [3.8, 4) is 0 Å². The highest BCUT2D eigenvalue weighted by atomic mass is 79.9. The Kier molecular flexibility index (Phi) is 4.60. The average molecular weight is 298 g/mol. The van der Waals surface area contributed by atoms with Crippen LogP contribution in [0.1, 0.15) is 37.7 Å². The van der Waals surface area contributed by atoms with Gasteiger partial charge in [0.2, 0.25) is 0 Å². The van der Waals surface area contributed by atoms with Crippen LogP contribution in [0.5, 0.6) is 0 Å². The molecule has 1 fully saturated rings. The van der Waals surface area contributed by atoms with Gasteiger partial charge < -0.3 is 10.5 Å². The van der Waals surface area contributed by atoms with E-state index in [4.69, 9.17) is 10.5 Å². The number of halogens is 1. The Hall–Kier alpha value is -0.380. The molecule has 0 spiro atoms. The van der Waals surface area contributed by atoms with Gasteiger partial charge in [-0.15, -0.1) is 0 Å². The molecule has 1 aliphatic carbocycles. The number of rotatable bonds is 4. The van der Waals surface area contributed by atoms with Crippen molar-refractivity contribution in [2.75, 3.05) is 6.61 Å². The Balaban J connectivity index is 1.79. The zero-order valence-electron chi connectivity index (χ0n) is 10.1. The minimum absolute atomic E-state index is 0.0791. The average Bonchev–Trinajstić information content (AvgIpc) is 2.30. The molecule has 1 aliphatic rings. The molecule has 0 unspecified atom stereocenters. The molecular weight excluding hydrogens is 278 g/mol.